The molecule has 2 aromatic rings. The zero-order chi connectivity index (χ0) is 18.7. The van der Waals surface area contributed by atoms with E-state index >= 15 is 0 Å². The molecule has 0 spiro atoms. The predicted molar refractivity (Wildman–Crippen MR) is 97.2 cm³/mol. The summed E-state index contributed by atoms with van der Waals surface area (Å²) in [4.78, 5) is 26.0. The number of thioether (sulfide) groups is 1. The number of allylic oxidation sites excluding steroid dienone is 1. The highest BCUT2D eigenvalue weighted by Gasteiger charge is 2.34. The number of amides is 1. The van der Waals surface area contributed by atoms with E-state index in [9.17, 15) is 14.0 Å². The summed E-state index contributed by atoms with van der Waals surface area (Å²) in [6.07, 6.45) is 3.46. The minimum absolute atomic E-state index is 0.0691. The van der Waals surface area contributed by atoms with Gasteiger partial charge in [0.05, 0.1) is 10.6 Å². The molecule has 0 bridgehead atoms. The van der Waals surface area contributed by atoms with E-state index in [1.165, 1.54) is 35.2 Å². The number of Topliss-reactive ketones (excluding diaryl/α,β-unsaturated/α-hetero) is 1. The van der Waals surface area contributed by atoms with Gasteiger partial charge in [-0.3, -0.25) is 9.59 Å². The molecule has 1 aliphatic rings. The number of nitrogens with zero attached hydrogens (tertiary/aromatic N) is 4. The highest BCUT2D eigenvalue weighted by Crippen LogP contribution is 2.39. The first-order valence-electron chi connectivity index (χ1n) is 8.51. The van der Waals surface area contributed by atoms with E-state index in [1.807, 2.05) is 13.8 Å². The van der Waals surface area contributed by atoms with Crippen molar-refractivity contribution < 1.29 is 14.0 Å². The lowest BCUT2D eigenvalue weighted by Gasteiger charge is -2.32. The van der Waals surface area contributed by atoms with Gasteiger partial charge in [0.25, 0.3) is 0 Å². The Morgan fingerprint density at radius 3 is 2.46 bits per heavy atom. The molecule has 3 rings (SSSR count). The average Bonchev–Trinajstić information content (AvgIpc) is 3.09. The van der Waals surface area contributed by atoms with Crippen LogP contribution in [0.2, 0.25) is 0 Å². The van der Waals surface area contributed by atoms with Crippen molar-refractivity contribution in [3.8, 4) is 0 Å². The summed E-state index contributed by atoms with van der Waals surface area (Å²) in [5, 5.41) is 9.79. The fourth-order valence-corrected chi connectivity index (χ4v) is 3.73. The van der Waals surface area contributed by atoms with Crippen LogP contribution in [0.15, 0.2) is 40.7 Å². The Morgan fingerprint density at radius 1 is 1.12 bits per heavy atom. The Bertz CT molecular complexity index is 860. The topological polar surface area (TPSA) is 68.1 Å². The number of ketones is 1. The Labute approximate surface area is 155 Å². The van der Waals surface area contributed by atoms with Crippen LogP contribution in [-0.2, 0) is 9.59 Å². The second-order valence-electron chi connectivity index (χ2n) is 5.87. The van der Waals surface area contributed by atoms with Crippen LogP contribution in [0.5, 0.6) is 0 Å². The molecule has 6 nitrogen and oxygen atoms in total. The first-order chi connectivity index (χ1) is 12.6. The van der Waals surface area contributed by atoms with Crippen LogP contribution < -0.4 is 5.01 Å². The van der Waals surface area contributed by atoms with Crippen LogP contribution in [0.3, 0.4) is 0 Å². The van der Waals surface area contributed by atoms with E-state index in [1.54, 1.807) is 16.8 Å². The number of halogens is 1. The van der Waals surface area contributed by atoms with Crippen molar-refractivity contribution in [2.45, 2.75) is 44.7 Å². The van der Waals surface area contributed by atoms with Gasteiger partial charge in [0, 0.05) is 18.4 Å². The third-order valence-electron chi connectivity index (χ3n) is 3.88. The molecule has 136 valence electrons. The van der Waals surface area contributed by atoms with E-state index in [0.717, 1.165) is 0 Å². The van der Waals surface area contributed by atoms with Gasteiger partial charge < -0.3 is 0 Å². The Balaban J connectivity index is 2.20. The molecule has 0 atom stereocenters. The van der Waals surface area contributed by atoms with Crippen molar-refractivity contribution in [3.63, 3.8) is 0 Å². The molecule has 2 heterocycles. The summed E-state index contributed by atoms with van der Waals surface area (Å²) in [5.74, 6) is -0.619. The minimum atomic E-state index is -0.379. The van der Waals surface area contributed by atoms with Crippen LogP contribution in [0, 0.1) is 5.82 Å². The number of carbonyl (C=O) groups is 2. The number of hydrogen-bond acceptors (Lipinski definition) is 5. The summed E-state index contributed by atoms with van der Waals surface area (Å²) in [6.45, 7) is 3.83. The van der Waals surface area contributed by atoms with Crippen molar-refractivity contribution in [3.05, 3.63) is 46.9 Å². The Hall–Kier alpha value is -2.48. The molecule has 0 fully saturated rings. The minimum Gasteiger partial charge on any atom is -0.294 e. The smallest absolute Gasteiger partial charge is 0.246 e. The molecule has 1 aromatic carbocycles. The molecule has 0 saturated heterocycles. The van der Waals surface area contributed by atoms with Crippen molar-refractivity contribution in [1.29, 1.82) is 0 Å². The van der Waals surface area contributed by atoms with Crippen LogP contribution in [0.25, 0.3) is 5.70 Å². The van der Waals surface area contributed by atoms with Gasteiger partial charge in [-0.05, 0) is 48.9 Å². The van der Waals surface area contributed by atoms with Gasteiger partial charge in [-0.1, -0.05) is 13.8 Å². The first-order valence-corrected chi connectivity index (χ1v) is 9.33. The van der Waals surface area contributed by atoms with Gasteiger partial charge in [-0.15, -0.1) is 10.2 Å². The lowest BCUT2D eigenvalue weighted by Crippen LogP contribution is -2.41. The molecule has 0 N–H and O–H groups in total. The molecule has 0 unspecified atom stereocenters. The molecule has 26 heavy (non-hydrogen) atoms. The number of rotatable bonds is 6. The third kappa shape index (κ3) is 3.41. The van der Waals surface area contributed by atoms with E-state index in [4.69, 9.17) is 0 Å². The highest BCUT2D eigenvalue weighted by atomic mass is 32.2. The van der Waals surface area contributed by atoms with Crippen molar-refractivity contribution >= 4 is 29.1 Å². The van der Waals surface area contributed by atoms with Gasteiger partial charge in [-0.2, -0.15) is 0 Å². The maximum atomic E-state index is 13.4. The number of carbonyl (C=O) groups excluding carboxylic acids is 2. The van der Waals surface area contributed by atoms with E-state index in [2.05, 4.69) is 10.2 Å². The quantitative estimate of drug-likeness (QED) is 0.774. The van der Waals surface area contributed by atoms with E-state index < -0.39 is 0 Å². The second-order valence-corrected chi connectivity index (χ2v) is 6.85. The largest absolute Gasteiger partial charge is 0.294 e. The zero-order valence-electron chi connectivity index (χ0n) is 14.6. The molecular weight excluding hydrogens is 355 g/mol. The second kappa shape index (κ2) is 7.82. The Kier molecular flexibility index (Phi) is 5.51. The lowest BCUT2D eigenvalue weighted by molar-refractivity contribution is -0.119. The normalized spacial score (nSPS) is 13.7. The standard InChI is InChI=1S/C18H19FN4O2S/c1-3-5-14(24)17-16(12-7-9-13(19)10-8-12)23(15(25)6-4-2)22-11-20-21-18(22)26-17/h7-11H,3-6H2,1-2H3. The van der Waals surface area contributed by atoms with Crippen LogP contribution in [-0.4, -0.2) is 26.6 Å². The highest BCUT2D eigenvalue weighted by molar-refractivity contribution is 8.04. The van der Waals surface area contributed by atoms with Gasteiger partial charge in [0.1, 0.15) is 12.1 Å². The molecule has 0 aliphatic carbocycles. The summed E-state index contributed by atoms with van der Waals surface area (Å²) in [5.41, 5.74) is 1.06. The number of fused-ring (bicyclic) bond motifs is 1. The summed E-state index contributed by atoms with van der Waals surface area (Å²) in [6, 6.07) is 5.79. The molecule has 1 amide bonds. The predicted octanol–water partition coefficient (Wildman–Crippen LogP) is 3.53. The van der Waals surface area contributed by atoms with Crippen molar-refractivity contribution in [1.82, 2.24) is 14.9 Å². The van der Waals surface area contributed by atoms with E-state index in [0.29, 0.717) is 47.0 Å². The lowest BCUT2D eigenvalue weighted by atomic mass is 10.1. The molecule has 0 saturated carbocycles. The number of benzene rings is 1. The SMILES string of the molecule is CCCC(=O)C1=C(c2ccc(F)cc2)N(C(=O)CCC)n2cnnc2S1. The molecule has 8 heteroatoms. The summed E-state index contributed by atoms with van der Waals surface area (Å²) < 4.78 is 14.9. The number of hydrogen-bond donors (Lipinski definition) is 0. The molecule has 0 radical (unpaired) electrons. The van der Waals surface area contributed by atoms with Gasteiger partial charge in [0.15, 0.2) is 5.78 Å². The van der Waals surface area contributed by atoms with Crippen LogP contribution >= 0.6 is 11.8 Å². The van der Waals surface area contributed by atoms with Gasteiger partial charge in [-0.25, -0.2) is 14.1 Å². The Morgan fingerprint density at radius 2 is 1.81 bits per heavy atom. The summed E-state index contributed by atoms with van der Waals surface area (Å²) in [7, 11) is 0. The number of aromatic nitrogens is 3. The fourth-order valence-electron chi connectivity index (χ4n) is 2.72. The molecular formula is C18H19FN4O2S. The molecule has 1 aliphatic heterocycles. The van der Waals surface area contributed by atoms with Gasteiger partial charge >= 0.3 is 0 Å². The third-order valence-corrected chi connectivity index (χ3v) is 4.96. The monoisotopic (exact) mass is 374 g/mol. The molecule has 1 aromatic heterocycles. The van der Waals surface area contributed by atoms with Crippen molar-refractivity contribution in [2.75, 3.05) is 5.01 Å². The fraction of sp³-hybridized carbons (Fsp3) is 0.333. The summed E-state index contributed by atoms with van der Waals surface area (Å²) >= 11 is 1.19. The van der Waals surface area contributed by atoms with Crippen LogP contribution in [0.1, 0.15) is 45.1 Å². The average molecular weight is 374 g/mol. The van der Waals surface area contributed by atoms with Crippen LogP contribution in [0.4, 0.5) is 4.39 Å². The maximum Gasteiger partial charge on any atom is 0.246 e. The van der Waals surface area contributed by atoms with E-state index in [-0.39, 0.29) is 17.5 Å². The van der Waals surface area contributed by atoms with Crippen molar-refractivity contribution in [2.24, 2.45) is 0 Å². The zero-order valence-corrected chi connectivity index (χ0v) is 15.4. The maximum absolute atomic E-state index is 13.4. The first kappa shape index (κ1) is 18.3. The van der Waals surface area contributed by atoms with Gasteiger partial charge in [0.2, 0.25) is 11.1 Å².